The molecule has 0 N–H and O–H groups in total. The number of alkyl halides is 3. The van der Waals surface area contributed by atoms with Crippen LogP contribution in [0.3, 0.4) is 0 Å². The second-order valence-corrected chi connectivity index (χ2v) is 14.2. The zero-order chi connectivity index (χ0) is 29.7. The molecule has 3 aliphatic heterocycles. The van der Waals surface area contributed by atoms with E-state index in [0.717, 1.165) is 12.8 Å². The van der Waals surface area contributed by atoms with E-state index in [2.05, 4.69) is 48.4 Å². The van der Waals surface area contributed by atoms with E-state index in [4.69, 9.17) is 14.5 Å². The van der Waals surface area contributed by atoms with Gasteiger partial charge in [-0.05, 0) is 91.0 Å². The molecule has 3 saturated heterocycles. The minimum Gasteiger partial charge on any atom is -0.460 e. The summed E-state index contributed by atoms with van der Waals surface area (Å²) in [7, 11) is 0. The first-order valence-electron chi connectivity index (χ1n) is 13.7. The van der Waals surface area contributed by atoms with E-state index in [9.17, 15) is 18.0 Å². The van der Waals surface area contributed by atoms with Gasteiger partial charge in [-0.2, -0.15) is 23.1 Å². The van der Waals surface area contributed by atoms with Crippen LogP contribution < -0.4 is 9.64 Å². The first kappa shape index (κ1) is 30.8. The van der Waals surface area contributed by atoms with Crippen LogP contribution in [0.4, 0.5) is 28.2 Å². The lowest BCUT2D eigenvalue weighted by atomic mass is 9.72. The van der Waals surface area contributed by atoms with Gasteiger partial charge in [-0.25, -0.2) is 9.18 Å². The van der Waals surface area contributed by atoms with Crippen LogP contribution in [0.1, 0.15) is 46.5 Å². The topological polar surface area (TPSA) is 71.0 Å². The number of fused-ring (bicyclic) bond motifs is 1. The van der Waals surface area contributed by atoms with Crippen molar-refractivity contribution < 1.29 is 31.8 Å². The summed E-state index contributed by atoms with van der Waals surface area (Å²) in [6.07, 6.45) is -2.44. The first-order valence-corrected chi connectivity index (χ1v) is 15.5. The number of hydrogen-bond donors (Lipinski definition) is 0. The maximum absolute atomic E-state index is 15.4. The number of hydrogen-bond acceptors (Lipinski definition) is 7. The molecule has 8 nitrogen and oxygen atoms in total. The van der Waals surface area contributed by atoms with Crippen molar-refractivity contribution in [2.45, 2.75) is 64.3 Å². The fourth-order valence-corrected chi connectivity index (χ4v) is 6.60. The molecular weight excluding hydrogens is 725 g/mol. The molecule has 0 saturated carbocycles. The Hall–Kier alpha value is -1.68. The fraction of sp³-hybridized carbons (Fsp3) is 0.667. The average Bonchev–Trinajstić information content (AvgIpc) is 2.85. The number of piperidine rings is 2. The molecule has 2 aromatic rings. The molecule has 14 heteroatoms. The largest absolute Gasteiger partial charge is 0.460 e. The summed E-state index contributed by atoms with van der Waals surface area (Å²) in [5.41, 5.74) is -0.395. The summed E-state index contributed by atoms with van der Waals surface area (Å²) in [5, 5.41) is 0.572. The molecule has 1 aromatic carbocycles. The van der Waals surface area contributed by atoms with E-state index in [-0.39, 0.29) is 42.2 Å². The second kappa shape index (κ2) is 11.4. The Kier molecular flexibility index (Phi) is 8.58. The molecule has 41 heavy (non-hydrogen) atoms. The Labute approximate surface area is 258 Å². The Morgan fingerprint density at radius 2 is 1.76 bits per heavy atom. The van der Waals surface area contributed by atoms with E-state index in [0.29, 0.717) is 58.3 Å². The van der Waals surface area contributed by atoms with Gasteiger partial charge in [0, 0.05) is 53.6 Å². The summed E-state index contributed by atoms with van der Waals surface area (Å²) in [4.78, 5) is 26.8. The number of ether oxygens (including phenoxy) is 2. The van der Waals surface area contributed by atoms with E-state index in [1.54, 1.807) is 4.90 Å². The minimum atomic E-state index is -4.24. The molecule has 0 radical (unpaired) electrons. The van der Waals surface area contributed by atoms with Gasteiger partial charge in [0.05, 0.1) is 11.0 Å². The fourth-order valence-electron chi connectivity index (χ4n) is 5.75. The molecule has 0 bridgehead atoms. The molecule has 1 aromatic heterocycles. The predicted octanol–water partition coefficient (Wildman–Crippen LogP) is 6.38. The van der Waals surface area contributed by atoms with E-state index < -0.39 is 24.1 Å². The summed E-state index contributed by atoms with van der Waals surface area (Å²) in [6, 6.07) is 1.87. The highest BCUT2D eigenvalue weighted by Gasteiger charge is 2.48. The van der Waals surface area contributed by atoms with Crippen LogP contribution in [0.25, 0.3) is 10.9 Å². The van der Waals surface area contributed by atoms with Crippen LogP contribution in [-0.4, -0.2) is 89.6 Å². The van der Waals surface area contributed by atoms with E-state index in [1.165, 1.54) is 4.90 Å². The van der Waals surface area contributed by atoms with Crippen LogP contribution in [0, 0.1) is 14.8 Å². The third kappa shape index (κ3) is 7.11. The number of nitrogens with zero attached hydrogens (tertiary/aromatic N) is 5. The standard InChI is InChI=1S/C27H33BrF4IN5O3/c1-25(2,3)41-24(39)38-13-26(14-38)6-10-37(11-7-26)22-17-12-18(33)19(28)20(29)21(17)34-23(35-22)40-16-4-8-36(9-5-16)15-27(30,31)32/h12,16H,4-11,13-15H2,1-3H3. The van der Waals surface area contributed by atoms with Crippen LogP contribution >= 0.6 is 38.5 Å². The van der Waals surface area contributed by atoms with Crippen molar-refractivity contribution in [1.29, 1.82) is 0 Å². The molecule has 0 atom stereocenters. The number of halogens is 6. The monoisotopic (exact) mass is 757 g/mol. The first-order chi connectivity index (χ1) is 19.1. The quantitative estimate of drug-likeness (QED) is 0.204. The van der Waals surface area contributed by atoms with Gasteiger partial charge in [0.25, 0.3) is 0 Å². The Morgan fingerprint density at radius 3 is 2.34 bits per heavy atom. The van der Waals surface area contributed by atoms with E-state index in [1.807, 2.05) is 26.8 Å². The number of likely N-dealkylation sites (tertiary alicyclic amines) is 2. The van der Waals surface area contributed by atoms with Gasteiger partial charge in [0.1, 0.15) is 23.0 Å². The molecule has 1 amide bonds. The maximum Gasteiger partial charge on any atom is 0.410 e. The van der Waals surface area contributed by atoms with Crippen molar-refractivity contribution >= 4 is 61.3 Å². The predicted molar refractivity (Wildman–Crippen MR) is 158 cm³/mol. The summed E-state index contributed by atoms with van der Waals surface area (Å²) in [5.74, 6) is 0.0582. The molecule has 226 valence electrons. The second-order valence-electron chi connectivity index (χ2n) is 12.2. The number of benzene rings is 1. The minimum absolute atomic E-state index is 0.0165. The highest BCUT2D eigenvalue weighted by Crippen LogP contribution is 2.43. The zero-order valence-electron chi connectivity index (χ0n) is 23.2. The number of carbonyl (C=O) groups excluding carboxylic acids is 1. The number of carbonyl (C=O) groups is 1. The summed E-state index contributed by atoms with van der Waals surface area (Å²) in [6.45, 7) is 7.71. The van der Waals surface area contributed by atoms with Crippen molar-refractivity contribution in [2.24, 2.45) is 5.41 Å². The Balaban J connectivity index is 1.31. The Morgan fingerprint density at radius 1 is 1.12 bits per heavy atom. The van der Waals surface area contributed by atoms with E-state index >= 15 is 4.39 Å². The van der Waals surface area contributed by atoms with Crippen molar-refractivity contribution in [2.75, 3.05) is 50.7 Å². The maximum atomic E-state index is 15.4. The molecule has 3 fully saturated rings. The van der Waals surface area contributed by atoms with Gasteiger partial charge >= 0.3 is 18.3 Å². The van der Waals surface area contributed by atoms with Gasteiger partial charge in [0.15, 0.2) is 5.82 Å². The summed E-state index contributed by atoms with van der Waals surface area (Å²) >= 11 is 5.37. The third-order valence-electron chi connectivity index (χ3n) is 7.82. The van der Waals surface area contributed by atoms with Gasteiger partial charge in [-0.15, -0.1) is 0 Å². The summed E-state index contributed by atoms with van der Waals surface area (Å²) < 4.78 is 66.3. The zero-order valence-corrected chi connectivity index (χ0v) is 26.9. The SMILES string of the molecule is CC(C)(C)OC(=O)N1CC2(CCN(c3nc(OC4CCN(CC(F)(F)F)CC4)nc4c(F)c(Br)c(I)cc34)CC2)C1. The molecule has 4 heterocycles. The highest BCUT2D eigenvalue weighted by atomic mass is 127. The number of aromatic nitrogens is 2. The van der Waals surface area contributed by atoms with Crippen LogP contribution in [0.2, 0.25) is 0 Å². The van der Waals surface area contributed by atoms with Gasteiger partial charge in [-0.1, -0.05) is 0 Å². The molecule has 3 aliphatic rings. The number of amides is 1. The van der Waals surface area contributed by atoms with Crippen molar-refractivity contribution in [3.05, 3.63) is 19.9 Å². The van der Waals surface area contributed by atoms with Crippen LogP contribution in [0.5, 0.6) is 6.01 Å². The van der Waals surface area contributed by atoms with Gasteiger partial charge < -0.3 is 19.3 Å². The lowest BCUT2D eigenvalue weighted by molar-refractivity contribution is -0.149. The highest BCUT2D eigenvalue weighted by molar-refractivity contribution is 14.1. The smallest absolute Gasteiger partial charge is 0.410 e. The van der Waals surface area contributed by atoms with Crippen molar-refractivity contribution in [3.8, 4) is 6.01 Å². The molecule has 0 aliphatic carbocycles. The lowest BCUT2D eigenvalue weighted by Gasteiger charge is -2.53. The van der Waals surface area contributed by atoms with Gasteiger partial charge in [-0.3, -0.25) is 4.90 Å². The normalized spacial score (nSPS) is 20.4. The molecule has 5 rings (SSSR count). The number of anilines is 1. The number of rotatable bonds is 4. The van der Waals surface area contributed by atoms with Crippen LogP contribution in [0.15, 0.2) is 10.5 Å². The van der Waals surface area contributed by atoms with Crippen molar-refractivity contribution in [1.82, 2.24) is 19.8 Å². The lowest BCUT2D eigenvalue weighted by Crippen LogP contribution is -2.62. The molecule has 1 spiro atoms. The third-order valence-corrected chi connectivity index (χ3v) is 10.2. The molecular formula is C27H33BrF4IN5O3. The van der Waals surface area contributed by atoms with Crippen molar-refractivity contribution in [3.63, 3.8) is 0 Å². The van der Waals surface area contributed by atoms with Crippen LogP contribution in [-0.2, 0) is 4.74 Å². The molecule has 0 unspecified atom stereocenters. The average molecular weight is 758 g/mol. The Bertz CT molecular complexity index is 1300. The van der Waals surface area contributed by atoms with Gasteiger partial charge in [0.2, 0.25) is 0 Å².